The molecule has 1 amide bonds. The molecule has 0 spiro atoms. The zero-order valence-corrected chi connectivity index (χ0v) is 20.3. The first-order valence-corrected chi connectivity index (χ1v) is 13.3. The third-order valence-corrected chi connectivity index (χ3v) is 9.18. The second-order valence-electron chi connectivity index (χ2n) is 8.14. The Morgan fingerprint density at radius 1 is 1.00 bits per heavy atom. The van der Waals surface area contributed by atoms with Gasteiger partial charge in [-0.3, -0.25) is 4.79 Å². The first kappa shape index (κ1) is 24.4. The average molecular weight is 480 g/mol. The van der Waals surface area contributed by atoms with Crippen LogP contribution in [0.3, 0.4) is 0 Å². The van der Waals surface area contributed by atoms with Crippen LogP contribution < -0.4 is 10.0 Å². The molecule has 2 aromatic rings. The fraction of sp³-hybridized carbons (Fsp3) is 0.409. The molecule has 0 saturated carbocycles. The molecule has 0 aromatic heterocycles. The normalized spacial score (nSPS) is 17.8. The van der Waals surface area contributed by atoms with E-state index in [4.69, 9.17) is 0 Å². The predicted molar refractivity (Wildman–Crippen MR) is 123 cm³/mol. The van der Waals surface area contributed by atoms with E-state index in [2.05, 4.69) is 10.0 Å². The summed E-state index contributed by atoms with van der Waals surface area (Å²) in [5.41, 5.74) is 2.62. The molecule has 2 N–H and O–H groups in total. The Kier molecular flexibility index (Phi) is 7.09. The number of hydrogen-bond donors (Lipinski definition) is 2. The second-order valence-corrected chi connectivity index (χ2v) is 11.9. The molecule has 1 saturated heterocycles. The lowest BCUT2D eigenvalue weighted by Crippen LogP contribution is -2.43. The molecule has 8 nitrogen and oxygen atoms in total. The van der Waals surface area contributed by atoms with Gasteiger partial charge in [-0.25, -0.2) is 21.6 Å². The summed E-state index contributed by atoms with van der Waals surface area (Å²) in [4.78, 5) is 13.3. The summed E-state index contributed by atoms with van der Waals surface area (Å²) in [6.07, 6.45) is 1.12. The number of piperidine rings is 1. The standard InChI is InChI=1S/C22H29N3O5S2/c1-15-7-8-17(3)21(12-15)32(29,30)25-11-5-6-18(14-25)22(26)24-20-13-19(10-9-16(20)2)31(27,28)23-4/h7-10,12-13,18,23H,5-6,11,14H2,1-4H3,(H,24,26). The Balaban J connectivity index is 1.81. The molecule has 1 unspecified atom stereocenters. The fourth-order valence-electron chi connectivity index (χ4n) is 3.75. The molecular formula is C22H29N3O5S2. The highest BCUT2D eigenvalue weighted by Crippen LogP contribution is 2.28. The summed E-state index contributed by atoms with van der Waals surface area (Å²) in [5, 5.41) is 2.80. The lowest BCUT2D eigenvalue weighted by molar-refractivity contribution is -0.120. The van der Waals surface area contributed by atoms with E-state index in [-0.39, 0.29) is 22.2 Å². The van der Waals surface area contributed by atoms with Crippen molar-refractivity contribution in [3.63, 3.8) is 0 Å². The summed E-state index contributed by atoms with van der Waals surface area (Å²) < 4.78 is 54.3. The van der Waals surface area contributed by atoms with Crippen molar-refractivity contribution in [1.82, 2.24) is 9.03 Å². The number of sulfonamides is 2. The van der Waals surface area contributed by atoms with Crippen LogP contribution in [-0.2, 0) is 24.8 Å². The number of benzene rings is 2. The molecule has 1 fully saturated rings. The van der Waals surface area contributed by atoms with E-state index in [1.807, 2.05) is 13.0 Å². The van der Waals surface area contributed by atoms with Gasteiger partial charge >= 0.3 is 0 Å². The van der Waals surface area contributed by atoms with Crippen molar-refractivity contribution >= 4 is 31.6 Å². The number of nitrogens with one attached hydrogen (secondary N) is 2. The molecule has 1 aliphatic heterocycles. The van der Waals surface area contributed by atoms with Crippen LogP contribution in [0.4, 0.5) is 5.69 Å². The van der Waals surface area contributed by atoms with Crippen LogP contribution in [0.5, 0.6) is 0 Å². The van der Waals surface area contributed by atoms with Gasteiger partial charge in [0.2, 0.25) is 26.0 Å². The lowest BCUT2D eigenvalue weighted by atomic mass is 9.98. The molecule has 10 heteroatoms. The third-order valence-electron chi connectivity index (χ3n) is 5.76. The van der Waals surface area contributed by atoms with Gasteiger partial charge in [-0.05, 0) is 75.5 Å². The number of hydrogen-bond acceptors (Lipinski definition) is 5. The fourth-order valence-corrected chi connectivity index (χ4v) is 6.34. The maximum Gasteiger partial charge on any atom is 0.243 e. The number of anilines is 1. The highest BCUT2D eigenvalue weighted by atomic mass is 32.2. The number of carbonyl (C=O) groups is 1. The quantitative estimate of drug-likeness (QED) is 0.661. The molecule has 1 heterocycles. The first-order chi connectivity index (χ1) is 15.0. The minimum Gasteiger partial charge on any atom is -0.326 e. The van der Waals surface area contributed by atoms with Gasteiger partial charge < -0.3 is 5.32 Å². The van der Waals surface area contributed by atoms with Crippen molar-refractivity contribution in [2.24, 2.45) is 5.92 Å². The van der Waals surface area contributed by atoms with Gasteiger partial charge in [-0.1, -0.05) is 18.2 Å². The van der Waals surface area contributed by atoms with E-state index < -0.39 is 26.0 Å². The van der Waals surface area contributed by atoms with Crippen molar-refractivity contribution in [3.05, 3.63) is 53.1 Å². The van der Waals surface area contributed by atoms with Crippen LogP contribution in [-0.4, -0.2) is 47.2 Å². The van der Waals surface area contributed by atoms with Crippen molar-refractivity contribution in [1.29, 1.82) is 0 Å². The summed E-state index contributed by atoms with van der Waals surface area (Å²) >= 11 is 0. The average Bonchev–Trinajstić information content (AvgIpc) is 2.76. The Hall–Kier alpha value is -2.27. The van der Waals surface area contributed by atoms with E-state index in [0.717, 1.165) is 5.56 Å². The second kappa shape index (κ2) is 9.30. The van der Waals surface area contributed by atoms with E-state index >= 15 is 0 Å². The molecule has 3 rings (SSSR count). The van der Waals surface area contributed by atoms with Crippen LogP contribution in [0.2, 0.25) is 0 Å². The SMILES string of the molecule is CNS(=O)(=O)c1ccc(C)c(NC(=O)C2CCCN(S(=O)(=O)c3cc(C)ccc3C)C2)c1. The minimum atomic E-state index is -3.73. The highest BCUT2D eigenvalue weighted by Gasteiger charge is 2.34. The van der Waals surface area contributed by atoms with E-state index in [1.54, 1.807) is 32.0 Å². The molecule has 1 aliphatic rings. The molecule has 1 atom stereocenters. The van der Waals surface area contributed by atoms with Crippen LogP contribution in [0.15, 0.2) is 46.2 Å². The smallest absolute Gasteiger partial charge is 0.243 e. The third kappa shape index (κ3) is 5.03. The topological polar surface area (TPSA) is 113 Å². The highest BCUT2D eigenvalue weighted by molar-refractivity contribution is 7.89. The molecule has 32 heavy (non-hydrogen) atoms. The number of nitrogens with zero attached hydrogens (tertiary/aromatic N) is 1. The van der Waals surface area contributed by atoms with E-state index in [1.165, 1.54) is 23.5 Å². The maximum absolute atomic E-state index is 13.2. The molecular weight excluding hydrogens is 450 g/mol. The largest absolute Gasteiger partial charge is 0.326 e. The van der Waals surface area contributed by atoms with Crippen molar-refractivity contribution in [2.45, 2.75) is 43.4 Å². The van der Waals surface area contributed by atoms with Gasteiger partial charge in [0.25, 0.3) is 0 Å². The zero-order chi connectivity index (χ0) is 23.7. The Bertz CT molecular complexity index is 1240. The summed E-state index contributed by atoms with van der Waals surface area (Å²) in [6, 6.07) is 9.81. The number of carbonyl (C=O) groups excluding carboxylic acids is 1. The minimum absolute atomic E-state index is 0.0451. The number of rotatable bonds is 6. The molecule has 0 bridgehead atoms. The van der Waals surface area contributed by atoms with Crippen molar-refractivity contribution < 1.29 is 21.6 Å². The van der Waals surface area contributed by atoms with Crippen molar-refractivity contribution in [3.8, 4) is 0 Å². The molecule has 0 aliphatic carbocycles. The monoisotopic (exact) mass is 479 g/mol. The van der Waals surface area contributed by atoms with Gasteiger partial charge in [0.1, 0.15) is 0 Å². The van der Waals surface area contributed by atoms with Gasteiger partial charge in [0.05, 0.1) is 15.7 Å². The maximum atomic E-state index is 13.2. The molecule has 2 aromatic carbocycles. The van der Waals surface area contributed by atoms with Crippen LogP contribution in [0.25, 0.3) is 0 Å². The Morgan fingerprint density at radius 3 is 2.38 bits per heavy atom. The first-order valence-electron chi connectivity index (χ1n) is 10.4. The molecule has 0 radical (unpaired) electrons. The summed E-state index contributed by atoms with van der Waals surface area (Å²) in [6.45, 7) is 5.80. The van der Waals surface area contributed by atoms with Crippen LogP contribution in [0, 0.1) is 26.7 Å². The Labute approximate surface area is 190 Å². The van der Waals surface area contributed by atoms with Crippen molar-refractivity contribution in [2.75, 3.05) is 25.5 Å². The zero-order valence-electron chi connectivity index (χ0n) is 18.7. The van der Waals surface area contributed by atoms with Crippen LogP contribution >= 0.6 is 0 Å². The van der Waals surface area contributed by atoms with E-state index in [9.17, 15) is 21.6 Å². The van der Waals surface area contributed by atoms with Gasteiger partial charge in [0.15, 0.2) is 0 Å². The Morgan fingerprint density at radius 2 is 1.69 bits per heavy atom. The predicted octanol–water partition coefficient (Wildman–Crippen LogP) is 2.56. The summed E-state index contributed by atoms with van der Waals surface area (Å²) in [7, 11) is -6.06. The summed E-state index contributed by atoms with van der Waals surface area (Å²) in [5.74, 6) is -0.861. The van der Waals surface area contributed by atoms with Crippen LogP contribution in [0.1, 0.15) is 29.5 Å². The number of amides is 1. The lowest BCUT2D eigenvalue weighted by Gasteiger charge is -2.31. The molecule has 174 valence electrons. The van der Waals surface area contributed by atoms with Gasteiger partial charge in [-0.2, -0.15) is 4.31 Å². The van der Waals surface area contributed by atoms with Gasteiger partial charge in [-0.15, -0.1) is 0 Å². The van der Waals surface area contributed by atoms with Gasteiger partial charge in [0, 0.05) is 18.8 Å². The number of aryl methyl sites for hydroxylation is 3. The van der Waals surface area contributed by atoms with E-state index in [0.29, 0.717) is 36.2 Å².